The highest BCUT2D eigenvalue weighted by atomic mass is 35.5. The van der Waals surface area contributed by atoms with Gasteiger partial charge >= 0.3 is 0 Å². The maximum atomic E-state index is 5.62. The fourth-order valence-corrected chi connectivity index (χ4v) is 1.62. The van der Waals surface area contributed by atoms with Gasteiger partial charge < -0.3 is 22.1 Å². The van der Waals surface area contributed by atoms with E-state index in [0.29, 0.717) is 0 Å². The van der Waals surface area contributed by atoms with E-state index in [9.17, 15) is 0 Å². The van der Waals surface area contributed by atoms with Crippen molar-refractivity contribution in [2.24, 2.45) is 0 Å². The minimum atomic E-state index is 0. The van der Waals surface area contributed by atoms with Crippen LogP contribution in [0.3, 0.4) is 0 Å². The summed E-state index contributed by atoms with van der Waals surface area (Å²) in [4.78, 5) is 0. The summed E-state index contributed by atoms with van der Waals surface area (Å²) in [7, 11) is 0. The van der Waals surface area contributed by atoms with Crippen molar-refractivity contribution >= 4 is 72.4 Å². The normalized spacial score (nSPS) is 8.18. The maximum absolute atomic E-state index is 5.62. The van der Waals surface area contributed by atoms with E-state index in [2.05, 4.69) is 10.6 Å². The molecule has 0 aliphatic heterocycles. The zero-order valence-electron chi connectivity index (χ0n) is 11.8. The predicted molar refractivity (Wildman–Crippen MR) is 108 cm³/mol. The molecule has 22 heavy (non-hydrogen) atoms. The molecule has 8 heteroatoms. The molecule has 2 aromatic rings. The molecule has 6 N–H and O–H groups in total. The lowest BCUT2D eigenvalue weighted by Gasteiger charge is -2.09. The van der Waals surface area contributed by atoms with Crippen LogP contribution in [0.5, 0.6) is 0 Å². The predicted octanol–water partition coefficient (Wildman–Crippen LogP) is 4.06. The lowest BCUT2D eigenvalue weighted by Crippen LogP contribution is -2.13. The van der Waals surface area contributed by atoms with E-state index in [4.69, 9.17) is 11.5 Å². The van der Waals surface area contributed by atoms with Gasteiger partial charge in [-0.1, -0.05) is 0 Å². The number of anilines is 4. The lowest BCUT2D eigenvalue weighted by atomic mass is 10.3. The molecule has 0 radical (unpaired) electrons. The Morgan fingerprint density at radius 2 is 0.818 bits per heavy atom. The largest absolute Gasteiger partial charge is 0.399 e. The van der Waals surface area contributed by atoms with E-state index in [1.54, 1.807) is 0 Å². The number of hydrogen-bond acceptors (Lipinski definition) is 4. The number of nitrogens with two attached hydrogens (primary N) is 2. The van der Waals surface area contributed by atoms with Gasteiger partial charge in [-0.2, -0.15) is 0 Å². The molecule has 0 spiro atoms. The van der Waals surface area contributed by atoms with Gasteiger partial charge in [0, 0.05) is 35.8 Å². The summed E-state index contributed by atoms with van der Waals surface area (Å²) in [5.74, 6) is 0. The van der Waals surface area contributed by atoms with Crippen LogP contribution in [0.15, 0.2) is 48.5 Å². The maximum Gasteiger partial charge on any atom is 0.0342 e. The summed E-state index contributed by atoms with van der Waals surface area (Å²) in [6.07, 6.45) is 0. The van der Waals surface area contributed by atoms with Crippen LogP contribution in [-0.2, 0) is 0 Å². The number of nitrogen functional groups attached to an aromatic ring is 2. The molecular weight excluding hydrogens is 366 g/mol. The number of benzene rings is 2. The molecule has 4 nitrogen and oxygen atoms in total. The molecule has 0 aliphatic carbocycles. The molecule has 0 aliphatic rings. The molecule has 0 amide bonds. The number of halogens is 4. The fourth-order valence-electron chi connectivity index (χ4n) is 1.62. The van der Waals surface area contributed by atoms with Crippen LogP contribution in [0.25, 0.3) is 0 Å². The van der Waals surface area contributed by atoms with Crippen LogP contribution in [0.4, 0.5) is 22.7 Å². The molecule has 0 atom stereocenters. The van der Waals surface area contributed by atoms with Gasteiger partial charge in [0.05, 0.1) is 0 Å². The molecular formula is C14H22Cl4N4. The van der Waals surface area contributed by atoms with Gasteiger partial charge in [0.25, 0.3) is 0 Å². The SMILES string of the molecule is Cl.Cl.Cl.Cl.Nc1ccc(NCCNc2ccc(N)cc2)cc1. The van der Waals surface area contributed by atoms with Crippen molar-refractivity contribution in [2.45, 2.75) is 0 Å². The molecule has 2 rings (SSSR count). The summed E-state index contributed by atoms with van der Waals surface area (Å²) in [6.45, 7) is 1.68. The van der Waals surface area contributed by atoms with Gasteiger partial charge in [-0.3, -0.25) is 0 Å². The third-order valence-electron chi connectivity index (χ3n) is 2.60. The van der Waals surface area contributed by atoms with E-state index in [0.717, 1.165) is 35.8 Å². The van der Waals surface area contributed by atoms with Crippen molar-refractivity contribution in [3.8, 4) is 0 Å². The zero-order valence-corrected chi connectivity index (χ0v) is 15.1. The van der Waals surface area contributed by atoms with Gasteiger partial charge in [0.2, 0.25) is 0 Å². The first-order valence-corrected chi connectivity index (χ1v) is 5.93. The number of hydrogen-bond donors (Lipinski definition) is 4. The number of nitrogens with one attached hydrogen (secondary N) is 2. The molecule has 0 unspecified atom stereocenters. The first-order chi connectivity index (χ1) is 8.74. The average Bonchev–Trinajstić information content (AvgIpc) is 2.39. The second-order valence-electron chi connectivity index (χ2n) is 4.10. The van der Waals surface area contributed by atoms with E-state index in [-0.39, 0.29) is 49.6 Å². The smallest absolute Gasteiger partial charge is 0.0342 e. The summed E-state index contributed by atoms with van der Waals surface area (Å²) in [6, 6.07) is 15.4. The molecule has 0 saturated carbocycles. The third-order valence-corrected chi connectivity index (χ3v) is 2.60. The second-order valence-corrected chi connectivity index (χ2v) is 4.10. The number of rotatable bonds is 5. The van der Waals surface area contributed by atoms with E-state index in [1.165, 1.54) is 0 Å². The first kappa shape index (κ1) is 25.7. The van der Waals surface area contributed by atoms with E-state index < -0.39 is 0 Å². The molecule has 2 aromatic carbocycles. The molecule has 0 bridgehead atoms. The van der Waals surface area contributed by atoms with Crippen LogP contribution in [-0.4, -0.2) is 13.1 Å². The Hall–Kier alpha value is -1.20. The Labute approximate surface area is 156 Å². The molecule has 0 aromatic heterocycles. The summed E-state index contributed by atoms with van der Waals surface area (Å²) >= 11 is 0. The van der Waals surface area contributed by atoms with Crippen molar-refractivity contribution in [2.75, 3.05) is 35.2 Å². The Bertz CT molecular complexity index is 444. The van der Waals surface area contributed by atoms with E-state index in [1.807, 2.05) is 48.5 Å². The van der Waals surface area contributed by atoms with Gasteiger partial charge in [0.1, 0.15) is 0 Å². The summed E-state index contributed by atoms with van der Waals surface area (Å²) in [5, 5.41) is 6.62. The fraction of sp³-hybridized carbons (Fsp3) is 0.143. The van der Waals surface area contributed by atoms with Gasteiger partial charge in [-0.25, -0.2) is 0 Å². The average molecular weight is 388 g/mol. The topological polar surface area (TPSA) is 76.1 Å². The van der Waals surface area contributed by atoms with Gasteiger partial charge in [-0.15, -0.1) is 49.6 Å². The Kier molecular flexibility index (Phi) is 15.7. The highest BCUT2D eigenvalue weighted by molar-refractivity contribution is 5.86. The minimum absolute atomic E-state index is 0. The monoisotopic (exact) mass is 386 g/mol. The Morgan fingerprint density at radius 3 is 1.09 bits per heavy atom. The van der Waals surface area contributed by atoms with Crippen LogP contribution in [0.2, 0.25) is 0 Å². The van der Waals surface area contributed by atoms with Crippen LogP contribution < -0.4 is 22.1 Å². The lowest BCUT2D eigenvalue weighted by molar-refractivity contribution is 1.08. The minimum Gasteiger partial charge on any atom is -0.399 e. The van der Waals surface area contributed by atoms with Crippen molar-refractivity contribution in [1.29, 1.82) is 0 Å². The summed E-state index contributed by atoms with van der Waals surface area (Å²) in [5.41, 5.74) is 14.9. The highest BCUT2D eigenvalue weighted by Gasteiger charge is 1.93. The Balaban J connectivity index is -0.000000902. The van der Waals surface area contributed by atoms with E-state index >= 15 is 0 Å². The first-order valence-electron chi connectivity index (χ1n) is 5.93. The van der Waals surface area contributed by atoms with Gasteiger partial charge in [-0.05, 0) is 48.5 Å². The Morgan fingerprint density at radius 1 is 0.545 bits per heavy atom. The quantitative estimate of drug-likeness (QED) is 0.460. The third kappa shape index (κ3) is 8.95. The summed E-state index contributed by atoms with van der Waals surface area (Å²) < 4.78 is 0. The molecule has 126 valence electrons. The van der Waals surface area contributed by atoms with Crippen molar-refractivity contribution < 1.29 is 0 Å². The molecule has 0 fully saturated rings. The molecule has 0 saturated heterocycles. The second kappa shape index (κ2) is 13.5. The van der Waals surface area contributed by atoms with Crippen molar-refractivity contribution in [3.05, 3.63) is 48.5 Å². The highest BCUT2D eigenvalue weighted by Crippen LogP contribution is 2.11. The van der Waals surface area contributed by atoms with Crippen molar-refractivity contribution in [1.82, 2.24) is 0 Å². The standard InChI is InChI=1S/C14H18N4.4ClH/c15-11-1-5-13(6-2-11)17-9-10-18-14-7-3-12(16)4-8-14;;;;/h1-8,17-18H,9-10,15-16H2;4*1H. The van der Waals surface area contributed by atoms with Crippen LogP contribution in [0.1, 0.15) is 0 Å². The van der Waals surface area contributed by atoms with Crippen molar-refractivity contribution in [3.63, 3.8) is 0 Å². The molecule has 0 heterocycles. The van der Waals surface area contributed by atoms with Gasteiger partial charge in [0.15, 0.2) is 0 Å². The zero-order chi connectivity index (χ0) is 12.8. The van der Waals surface area contributed by atoms with Crippen LogP contribution >= 0.6 is 49.6 Å². The van der Waals surface area contributed by atoms with Crippen LogP contribution in [0, 0.1) is 0 Å².